The van der Waals surface area contributed by atoms with Crippen molar-refractivity contribution in [1.82, 2.24) is 4.98 Å². The molecule has 1 aromatic carbocycles. The van der Waals surface area contributed by atoms with Crippen LogP contribution in [0.2, 0.25) is 0 Å². The summed E-state index contributed by atoms with van der Waals surface area (Å²) in [4.78, 5) is 5.23. The number of aromatic nitrogens is 1. The summed E-state index contributed by atoms with van der Waals surface area (Å²) in [5, 5.41) is 8.84. The first-order chi connectivity index (χ1) is 6.35. The molecule has 0 atom stereocenters. The Kier molecular flexibility index (Phi) is 2.24. The van der Waals surface area contributed by atoms with Crippen molar-refractivity contribution in [2.75, 3.05) is 6.26 Å². The van der Waals surface area contributed by atoms with Gasteiger partial charge in [0.15, 0.2) is 5.58 Å². The zero-order valence-electron chi connectivity index (χ0n) is 7.15. The number of benzene rings is 1. The van der Waals surface area contributed by atoms with E-state index < -0.39 is 0 Å². The van der Waals surface area contributed by atoms with Crippen LogP contribution in [0.15, 0.2) is 27.5 Å². The normalized spacial score (nSPS) is 10.9. The van der Waals surface area contributed by atoms with E-state index >= 15 is 0 Å². The van der Waals surface area contributed by atoms with Gasteiger partial charge in [0.25, 0.3) is 0 Å². The molecule has 0 aliphatic rings. The Hall–Kier alpha value is -1.00. The SMILES string of the molecule is CSc1cccc2oc(CO)nc12. The standard InChI is InChI=1S/C9H9NO2S/c1-13-7-4-2-3-6-9(7)10-8(5-11)12-6/h2-4,11H,5H2,1H3. The van der Waals surface area contributed by atoms with Gasteiger partial charge in [-0.25, -0.2) is 4.98 Å². The van der Waals surface area contributed by atoms with Crippen molar-refractivity contribution in [2.24, 2.45) is 0 Å². The van der Waals surface area contributed by atoms with Crippen molar-refractivity contribution in [3.63, 3.8) is 0 Å². The lowest BCUT2D eigenvalue weighted by Crippen LogP contribution is -1.80. The molecule has 2 aromatic rings. The summed E-state index contributed by atoms with van der Waals surface area (Å²) in [6.07, 6.45) is 1.99. The van der Waals surface area contributed by atoms with Gasteiger partial charge >= 0.3 is 0 Å². The van der Waals surface area contributed by atoms with Gasteiger partial charge in [-0.05, 0) is 18.4 Å². The summed E-state index contributed by atoms with van der Waals surface area (Å²) in [7, 11) is 0. The molecule has 0 fully saturated rings. The maximum absolute atomic E-state index is 8.84. The van der Waals surface area contributed by atoms with E-state index in [1.807, 2.05) is 24.5 Å². The molecule has 1 N–H and O–H groups in total. The quantitative estimate of drug-likeness (QED) is 0.745. The van der Waals surface area contributed by atoms with E-state index in [0.29, 0.717) is 5.89 Å². The molecule has 13 heavy (non-hydrogen) atoms. The molecule has 0 aliphatic carbocycles. The number of nitrogens with zero attached hydrogens (tertiary/aromatic N) is 1. The van der Waals surface area contributed by atoms with E-state index in [1.165, 1.54) is 0 Å². The van der Waals surface area contributed by atoms with Crippen molar-refractivity contribution >= 4 is 22.9 Å². The van der Waals surface area contributed by atoms with Crippen molar-refractivity contribution in [3.05, 3.63) is 24.1 Å². The monoisotopic (exact) mass is 195 g/mol. The highest BCUT2D eigenvalue weighted by atomic mass is 32.2. The maximum atomic E-state index is 8.84. The molecule has 0 amide bonds. The minimum absolute atomic E-state index is 0.150. The summed E-state index contributed by atoms with van der Waals surface area (Å²) in [6.45, 7) is -0.150. The first-order valence-corrected chi connectivity index (χ1v) is 5.11. The minimum atomic E-state index is -0.150. The molecule has 1 aromatic heterocycles. The lowest BCUT2D eigenvalue weighted by Gasteiger charge is -1.93. The van der Waals surface area contributed by atoms with Crippen LogP contribution in [0.5, 0.6) is 0 Å². The fraction of sp³-hybridized carbons (Fsp3) is 0.222. The van der Waals surface area contributed by atoms with E-state index in [-0.39, 0.29) is 6.61 Å². The number of hydrogen-bond donors (Lipinski definition) is 1. The van der Waals surface area contributed by atoms with Gasteiger partial charge in [-0.1, -0.05) is 6.07 Å². The van der Waals surface area contributed by atoms with Crippen LogP contribution in [-0.4, -0.2) is 16.3 Å². The number of aliphatic hydroxyl groups is 1. The van der Waals surface area contributed by atoms with Gasteiger partial charge < -0.3 is 9.52 Å². The van der Waals surface area contributed by atoms with Crippen LogP contribution in [0, 0.1) is 0 Å². The third-order valence-electron chi connectivity index (χ3n) is 1.78. The highest BCUT2D eigenvalue weighted by Crippen LogP contribution is 2.25. The second-order valence-corrected chi connectivity index (χ2v) is 3.42. The highest BCUT2D eigenvalue weighted by Gasteiger charge is 2.07. The molecule has 68 valence electrons. The van der Waals surface area contributed by atoms with Crippen molar-refractivity contribution in [3.8, 4) is 0 Å². The molecule has 3 nitrogen and oxygen atoms in total. The summed E-state index contributed by atoms with van der Waals surface area (Å²) >= 11 is 1.62. The lowest BCUT2D eigenvalue weighted by atomic mass is 10.3. The van der Waals surface area contributed by atoms with E-state index in [2.05, 4.69) is 4.98 Å². The van der Waals surface area contributed by atoms with Gasteiger partial charge in [0.1, 0.15) is 12.1 Å². The van der Waals surface area contributed by atoms with Crippen LogP contribution < -0.4 is 0 Å². The smallest absolute Gasteiger partial charge is 0.221 e. The van der Waals surface area contributed by atoms with Crippen LogP contribution in [-0.2, 0) is 6.61 Å². The Morgan fingerprint density at radius 1 is 1.54 bits per heavy atom. The molecule has 0 radical (unpaired) electrons. The number of fused-ring (bicyclic) bond motifs is 1. The third-order valence-corrected chi connectivity index (χ3v) is 2.55. The van der Waals surface area contributed by atoms with E-state index in [0.717, 1.165) is 16.0 Å². The Morgan fingerprint density at radius 3 is 3.08 bits per heavy atom. The lowest BCUT2D eigenvalue weighted by molar-refractivity contribution is 0.244. The average molecular weight is 195 g/mol. The van der Waals surface area contributed by atoms with E-state index in [1.54, 1.807) is 11.8 Å². The zero-order valence-corrected chi connectivity index (χ0v) is 7.97. The summed E-state index contributed by atoms with van der Waals surface area (Å²) in [5.74, 6) is 0.372. The zero-order chi connectivity index (χ0) is 9.26. The van der Waals surface area contributed by atoms with Crippen LogP contribution in [0.3, 0.4) is 0 Å². The molecule has 4 heteroatoms. The number of para-hydroxylation sites is 1. The highest BCUT2D eigenvalue weighted by molar-refractivity contribution is 7.98. The van der Waals surface area contributed by atoms with Gasteiger partial charge in [0.05, 0.1) is 0 Å². The molecule has 0 unspecified atom stereocenters. The summed E-state index contributed by atoms with van der Waals surface area (Å²) < 4.78 is 5.29. The van der Waals surface area contributed by atoms with E-state index in [9.17, 15) is 0 Å². The summed E-state index contributed by atoms with van der Waals surface area (Å²) in [5.41, 5.74) is 1.56. The molecule has 0 saturated heterocycles. The number of aliphatic hydroxyl groups excluding tert-OH is 1. The first-order valence-electron chi connectivity index (χ1n) is 3.88. The topological polar surface area (TPSA) is 46.3 Å². The van der Waals surface area contributed by atoms with Gasteiger partial charge in [-0.3, -0.25) is 0 Å². The minimum Gasteiger partial charge on any atom is -0.438 e. The van der Waals surface area contributed by atoms with Crippen LogP contribution in [0.1, 0.15) is 5.89 Å². The Bertz CT molecular complexity index is 424. The molecule has 1 heterocycles. The number of hydrogen-bond acceptors (Lipinski definition) is 4. The van der Waals surface area contributed by atoms with Crippen molar-refractivity contribution in [2.45, 2.75) is 11.5 Å². The summed E-state index contributed by atoms with van der Waals surface area (Å²) in [6, 6.07) is 5.75. The Balaban J connectivity index is 2.67. The van der Waals surface area contributed by atoms with Crippen LogP contribution in [0.4, 0.5) is 0 Å². The second kappa shape index (κ2) is 3.40. The van der Waals surface area contributed by atoms with Gasteiger partial charge in [-0.15, -0.1) is 11.8 Å². The third kappa shape index (κ3) is 1.43. The molecule has 0 bridgehead atoms. The number of oxazole rings is 1. The Labute approximate surface area is 79.8 Å². The maximum Gasteiger partial charge on any atom is 0.221 e. The van der Waals surface area contributed by atoms with Crippen LogP contribution >= 0.6 is 11.8 Å². The van der Waals surface area contributed by atoms with Gasteiger partial charge in [0, 0.05) is 4.90 Å². The molecular weight excluding hydrogens is 186 g/mol. The van der Waals surface area contributed by atoms with Crippen molar-refractivity contribution < 1.29 is 9.52 Å². The molecule has 2 rings (SSSR count). The fourth-order valence-electron chi connectivity index (χ4n) is 1.20. The van der Waals surface area contributed by atoms with Crippen LogP contribution in [0.25, 0.3) is 11.1 Å². The largest absolute Gasteiger partial charge is 0.438 e. The predicted octanol–water partition coefficient (Wildman–Crippen LogP) is 2.04. The Morgan fingerprint density at radius 2 is 2.38 bits per heavy atom. The molecular formula is C9H9NO2S. The van der Waals surface area contributed by atoms with Gasteiger partial charge in [0.2, 0.25) is 5.89 Å². The predicted molar refractivity (Wildman–Crippen MR) is 51.7 cm³/mol. The van der Waals surface area contributed by atoms with Crippen molar-refractivity contribution in [1.29, 1.82) is 0 Å². The molecule has 0 spiro atoms. The number of rotatable bonds is 2. The average Bonchev–Trinajstić information content (AvgIpc) is 2.59. The number of thioether (sulfide) groups is 1. The molecule has 0 saturated carbocycles. The fourth-order valence-corrected chi connectivity index (χ4v) is 1.76. The second-order valence-electron chi connectivity index (χ2n) is 2.57. The molecule has 0 aliphatic heterocycles. The van der Waals surface area contributed by atoms with E-state index in [4.69, 9.17) is 9.52 Å². The first kappa shape index (κ1) is 8.59. The van der Waals surface area contributed by atoms with Gasteiger partial charge in [-0.2, -0.15) is 0 Å².